The summed E-state index contributed by atoms with van der Waals surface area (Å²) >= 11 is 3.26. The molecule has 0 spiro atoms. The minimum Gasteiger partial charge on any atom is -0.466 e. The lowest BCUT2D eigenvalue weighted by Gasteiger charge is -2.06. The Balaban J connectivity index is 2.48. The summed E-state index contributed by atoms with van der Waals surface area (Å²) in [6.07, 6.45) is 0.156. The first-order chi connectivity index (χ1) is 8.52. The Bertz CT molecular complexity index is 429. The van der Waals surface area contributed by atoms with Gasteiger partial charge in [0.05, 0.1) is 13.0 Å². The number of ether oxygens (including phenoxy) is 1. The third kappa shape index (κ3) is 4.75. The average Bonchev–Trinajstić information content (AvgIpc) is 2.27. The van der Waals surface area contributed by atoms with Crippen molar-refractivity contribution < 1.29 is 14.3 Å². The lowest BCUT2D eigenvalue weighted by molar-refractivity contribution is -0.142. The molecule has 0 bridgehead atoms. The van der Waals surface area contributed by atoms with Crippen molar-refractivity contribution in [2.45, 2.75) is 13.3 Å². The second-order valence-electron chi connectivity index (χ2n) is 3.58. The molecule has 0 saturated heterocycles. The molecule has 0 unspecified atom stereocenters. The molecule has 0 fully saturated rings. The lowest BCUT2D eigenvalue weighted by Crippen LogP contribution is -2.26. The number of esters is 1. The van der Waals surface area contributed by atoms with Crippen molar-refractivity contribution in [1.82, 2.24) is 5.32 Å². The summed E-state index contributed by atoms with van der Waals surface area (Å²) in [5.41, 5.74) is 6.58. The smallest absolute Gasteiger partial charge is 0.307 e. The van der Waals surface area contributed by atoms with Crippen LogP contribution in [0, 0.1) is 0 Å². The van der Waals surface area contributed by atoms with Gasteiger partial charge in [-0.15, -0.1) is 0 Å². The van der Waals surface area contributed by atoms with Crippen molar-refractivity contribution in [3.05, 3.63) is 28.2 Å². The highest BCUT2D eigenvalue weighted by Gasteiger charge is 2.08. The molecule has 0 heterocycles. The van der Waals surface area contributed by atoms with Gasteiger partial charge in [-0.2, -0.15) is 0 Å². The lowest BCUT2D eigenvalue weighted by atomic mass is 10.2. The zero-order valence-corrected chi connectivity index (χ0v) is 11.6. The zero-order valence-electron chi connectivity index (χ0n) is 10.0. The fourth-order valence-electron chi connectivity index (χ4n) is 1.36. The van der Waals surface area contributed by atoms with Gasteiger partial charge in [-0.25, -0.2) is 0 Å². The van der Waals surface area contributed by atoms with E-state index in [4.69, 9.17) is 10.5 Å². The standard InChI is InChI=1S/C12H15BrN2O3/c1-2-18-11(16)3-4-15-12(17)8-5-9(13)7-10(14)6-8/h5-7H,2-4,14H2,1H3,(H,15,17). The van der Waals surface area contributed by atoms with E-state index in [1.54, 1.807) is 25.1 Å². The molecule has 1 aromatic rings. The van der Waals surface area contributed by atoms with Crippen LogP contribution in [-0.2, 0) is 9.53 Å². The molecule has 0 aliphatic heterocycles. The molecule has 6 heteroatoms. The first-order valence-electron chi connectivity index (χ1n) is 5.52. The molecule has 0 aliphatic carbocycles. The van der Waals surface area contributed by atoms with Crippen molar-refractivity contribution in [2.75, 3.05) is 18.9 Å². The average molecular weight is 315 g/mol. The van der Waals surface area contributed by atoms with E-state index in [9.17, 15) is 9.59 Å². The van der Waals surface area contributed by atoms with Crippen LogP contribution in [0.5, 0.6) is 0 Å². The van der Waals surface area contributed by atoms with Crippen LogP contribution < -0.4 is 11.1 Å². The predicted octanol–water partition coefficient (Wildman–Crippen LogP) is 1.71. The molecule has 18 heavy (non-hydrogen) atoms. The van der Waals surface area contributed by atoms with Crippen molar-refractivity contribution in [1.29, 1.82) is 0 Å². The first-order valence-corrected chi connectivity index (χ1v) is 6.32. The van der Waals surface area contributed by atoms with Crippen LogP contribution in [0.4, 0.5) is 5.69 Å². The Morgan fingerprint density at radius 1 is 1.39 bits per heavy atom. The van der Waals surface area contributed by atoms with Gasteiger partial charge in [0.25, 0.3) is 5.91 Å². The molecule has 0 aromatic heterocycles. The van der Waals surface area contributed by atoms with Crippen molar-refractivity contribution >= 4 is 33.5 Å². The number of nitrogens with two attached hydrogens (primary N) is 1. The Kier molecular flexibility index (Phi) is 5.64. The van der Waals surface area contributed by atoms with E-state index in [0.29, 0.717) is 17.9 Å². The van der Waals surface area contributed by atoms with Gasteiger partial charge < -0.3 is 15.8 Å². The van der Waals surface area contributed by atoms with Crippen LogP contribution in [-0.4, -0.2) is 25.0 Å². The number of nitrogen functional groups attached to an aromatic ring is 1. The largest absolute Gasteiger partial charge is 0.466 e. The second kappa shape index (κ2) is 7.00. The van der Waals surface area contributed by atoms with Crippen LogP contribution in [0.1, 0.15) is 23.7 Å². The molecule has 0 radical (unpaired) electrons. The number of rotatable bonds is 5. The van der Waals surface area contributed by atoms with E-state index in [1.165, 1.54) is 0 Å². The predicted molar refractivity (Wildman–Crippen MR) is 72.1 cm³/mol. The van der Waals surface area contributed by atoms with Crippen LogP contribution in [0.3, 0.4) is 0 Å². The third-order valence-electron chi connectivity index (χ3n) is 2.10. The summed E-state index contributed by atoms with van der Waals surface area (Å²) in [6.45, 7) is 2.32. The van der Waals surface area contributed by atoms with Crippen LogP contribution in [0.25, 0.3) is 0 Å². The number of benzene rings is 1. The van der Waals surface area contributed by atoms with E-state index >= 15 is 0 Å². The Morgan fingerprint density at radius 2 is 2.11 bits per heavy atom. The van der Waals surface area contributed by atoms with E-state index in [2.05, 4.69) is 21.2 Å². The maximum absolute atomic E-state index is 11.7. The van der Waals surface area contributed by atoms with E-state index in [1.807, 2.05) is 0 Å². The van der Waals surface area contributed by atoms with Crippen molar-refractivity contribution in [2.24, 2.45) is 0 Å². The number of hydrogen-bond donors (Lipinski definition) is 2. The van der Waals surface area contributed by atoms with Gasteiger partial charge in [0, 0.05) is 22.3 Å². The molecule has 1 amide bonds. The SMILES string of the molecule is CCOC(=O)CCNC(=O)c1cc(N)cc(Br)c1. The van der Waals surface area contributed by atoms with E-state index in [0.717, 1.165) is 4.47 Å². The normalized spacial score (nSPS) is 9.89. The number of carbonyl (C=O) groups is 2. The summed E-state index contributed by atoms with van der Waals surface area (Å²) < 4.78 is 5.48. The van der Waals surface area contributed by atoms with Crippen LogP contribution in [0.15, 0.2) is 22.7 Å². The van der Waals surface area contributed by atoms with Gasteiger partial charge in [-0.05, 0) is 25.1 Å². The molecule has 1 aromatic carbocycles. The quantitative estimate of drug-likeness (QED) is 0.640. The molecule has 1 rings (SSSR count). The highest BCUT2D eigenvalue weighted by molar-refractivity contribution is 9.10. The fourth-order valence-corrected chi connectivity index (χ4v) is 1.87. The number of hydrogen-bond acceptors (Lipinski definition) is 4. The summed E-state index contributed by atoms with van der Waals surface area (Å²) in [5.74, 6) is -0.598. The topological polar surface area (TPSA) is 81.4 Å². The fraction of sp³-hybridized carbons (Fsp3) is 0.333. The molecule has 0 saturated carbocycles. The van der Waals surface area contributed by atoms with E-state index < -0.39 is 0 Å². The van der Waals surface area contributed by atoms with Crippen molar-refractivity contribution in [3.63, 3.8) is 0 Å². The first kappa shape index (κ1) is 14.5. The zero-order chi connectivity index (χ0) is 13.5. The highest BCUT2D eigenvalue weighted by Crippen LogP contribution is 2.17. The Labute approximate surface area is 114 Å². The Hall–Kier alpha value is -1.56. The highest BCUT2D eigenvalue weighted by atomic mass is 79.9. The molecule has 5 nitrogen and oxygen atoms in total. The summed E-state index contributed by atoms with van der Waals surface area (Å²) in [5, 5.41) is 2.63. The number of anilines is 1. The Morgan fingerprint density at radius 3 is 2.72 bits per heavy atom. The summed E-state index contributed by atoms with van der Waals surface area (Å²) in [4.78, 5) is 22.8. The van der Waals surface area contributed by atoms with Gasteiger partial charge in [0.2, 0.25) is 0 Å². The maximum atomic E-state index is 11.7. The third-order valence-corrected chi connectivity index (χ3v) is 2.56. The number of halogens is 1. The molecular weight excluding hydrogens is 300 g/mol. The minimum atomic E-state index is -0.327. The van der Waals surface area contributed by atoms with Crippen LogP contribution >= 0.6 is 15.9 Å². The minimum absolute atomic E-state index is 0.156. The number of amides is 1. The van der Waals surface area contributed by atoms with Gasteiger partial charge in [0.1, 0.15) is 0 Å². The van der Waals surface area contributed by atoms with Crippen LogP contribution in [0.2, 0.25) is 0 Å². The number of nitrogens with one attached hydrogen (secondary N) is 1. The maximum Gasteiger partial charge on any atom is 0.307 e. The monoisotopic (exact) mass is 314 g/mol. The van der Waals surface area contributed by atoms with Gasteiger partial charge in [0.15, 0.2) is 0 Å². The van der Waals surface area contributed by atoms with Gasteiger partial charge in [-0.1, -0.05) is 15.9 Å². The molecular formula is C12H15BrN2O3. The van der Waals surface area contributed by atoms with Gasteiger partial charge in [-0.3, -0.25) is 9.59 Å². The van der Waals surface area contributed by atoms with Gasteiger partial charge >= 0.3 is 5.97 Å². The molecule has 0 aliphatic rings. The number of carbonyl (C=O) groups excluding carboxylic acids is 2. The summed E-state index contributed by atoms with van der Waals surface area (Å²) in [7, 11) is 0. The molecule has 98 valence electrons. The molecule has 0 atom stereocenters. The van der Waals surface area contributed by atoms with E-state index in [-0.39, 0.29) is 24.8 Å². The second-order valence-corrected chi connectivity index (χ2v) is 4.50. The van der Waals surface area contributed by atoms with Crippen molar-refractivity contribution in [3.8, 4) is 0 Å². The molecule has 3 N–H and O–H groups in total. The summed E-state index contributed by atoms with van der Waals surface area (Å²) in [6, 6.07) is 4.94.